The molecule has 0 aromatic heterocycles. The van der Waals surface area contributed by atoms with Gasteiger partial charge < -0.3 is 15.5 Å². The van der Waals surface area contributed by atoms with Crippen molar-refractivity contribution in [2.45, 2.75) is 45.9 Å². The van der Waals surface area contributed by atoms with Crippen molar-refractivity contribution in [3.05, 3.63) is 35.1 Å². The van der Waals surface area contributed by atoms with Crippen LogP contribution in [0.2, 0.25) is 0 Å². The van der Waals surface area contributed by atoms with E-state index in [0.29, 0.717) is 17.7 Å². The summed E-state index contributed by atoms with van der Waals surface area (Å²) < 4.78 is 13.2. The van der Waals surface area contributed by atoms with Gasteiger partial charge in [0.2, 0.25) is 0 Å². The molecule has 19 heavy (non-hydrogen) atoms. The summed E-state index contributed by atoms with van der Waals surface area (Å²) in [5.41, 5.74) is 1.21. The standard InChI is InChI=1S/C15H24FNO2/c1-9(2)14(17-8-11(4)18)15(19)12-5-6-13(16)10(3)7-12/h5-7,9,11,14-15,17-19H,8H2,1-4H3. The summed E-state index contributed by atoms with van der Waals surface area (Å²) in [4.78, 5) is 0. The highest BCUT2D eigenvalue weighted by Gasteiger charge is 2.24. The molecule has 0 aliphatic carbocycles. The number of hydrogen-bond donors (Lipinski definition) is 3. The van der Waals surface area contributed by atoms with E-state index in [0.717, 1.165) is 0 Å². The lowest BCUT2D eigenvalue weighted by molar-refractivity contribution is 0.0930. The average molecular weight is 269 g/mol. The number of hydrogen-bond acceptors (Lipinski definition) is 3. The van der Waals surface area contributed by atoms with Crippen molar-refractivity contribution in [1.82, 2.24) is 5.32 Å². The van der Waals surface area contributed by atoms with Crippen LogP contribution in [0.5, 0.6) is 0 Å². The molecular formula is C15H24FNO2. The van der Waals surface area contributed by atoms with Crippen LogP contribution in [0.4, 0.5) is 4.39 Å². The zero-order valence-corrected chi connectivity index (χ0v) is 12.0. The lowest BCUT2D eigenvalue weighted by atomic mass is 9.92. The Bertz CT molecular complexity index is 407. The summed E-state index contributed by atoms with van der Waals surface area (Å²) >= 11 is 0. The molecule has 0 aliphatic heterocycles. The number of aliphatic hydroxyl groups is 2. The predicted molar refractivity (Wildman–Crippen MR) is 74.4 cm³/mol. The van der Waals surface area contributed by atoms with Crippen LogP contribution in [0.25, 0.3) is 0 Å². The van der Waals surface area contributed by atoms with Crippen molar-refractivity contribution in [3.8, 4) is 0 Å². The minimum absolute atomic E-state index is 0.181. The fraction of sp³-hybridized carbons (Fsp3) is 0.600. The van der Waals surface area contributed by atoms with E-state index in [4.69, 9.17) is 0 Å². The van der Waals surface area contributed by atoms with Crippen molar-refractivity contribution in [2.24, 2.45) is 5.92 Å². The largest absolute Gasteiger partial charge is 0.392 e. The van der Waals surface area contributed by atoms with Crippen molar-refractivity contribution in [1.29, 1.82) is 0 Å². The Morgan fingerprint density at radius 1 is 1.21 bits per heavy atom. The van der Waals surface area contributed by atoms with E-state index in [2.05, 4.69) is 5.32 Å². The van der Waals surface area contributed by atoms with Crippen LogP contribution in [-0.4, -0.2) is 28.9 Å². The predicted octanol–water partition coefficient (Wildman–Crippen LogP) is 2.16. The Kier molecular flexibility index (Phi) is 5.91. The summed E-state index contributed by atoms with van der Waals surface area (Å²) in [6.07, 6.45) is -1.19. The summed E-state index contributed by atoms with van der Waals surface area (Å²) in [6, 6.07) is 4.46. The second-order valence-electron chi connectivity index (χ2n) is 5.48. The number of benzene rings is 1. The second-order valence-corrected chi connectivity index (χ2v) is 5.48. The van der Waals surface area contributed by atoms with Gasteiger partial charge in [0.05, 0.1) is 12.2 Å². The van der Waals surface area contributed by atoms with Gasteiger partial charge in [-0.3, -0.25) is 0 Å². The third kappa shape index (κ3) is 4.56. The first-order valence-corrected chi connectivity index (χ1v) is 6.68. The molecule has 3 N–H and O–H groups in total. The van der Waals surface area contributed by atoms with E-state index in [1.807, 2.05) is 13.8 Å². The first kappa shape index (κ1) is 16.1. The van der Waals surface area contributed by atoms with Gasteiger partial charge in [-0.15, -0.1) is 0 Å². The van der Waals surface area contributed by atoms with Crippen molar-refractivity contribution in [3.63, 3.8) is 0 Å². The van der Waals surface area contributed by atoms with Crippen LogP contribution >= 0.6 is 0 Å². The van der Waals surface area contributed by atoms with Crippen molar-refractivity contribution in [2.75, 3.05) is 6.54 Å². The summed E-state index contributed by atoms with van der Waals surface area (Å²) in [6.45, 7) is 7.79. The van der Waals surface area contributed by atoms with Gasteiger partial charge in [-0.05, 0) is 37.0 Å². The van der Waals surface area contributed by atoms with Crippen LogP contribution in [-0.2, 0) is 0 Å². The number of rotatable bonds is 6. The zero-order valence-electron chi connectivity index (χ0n) is 12.0. The Morgan fingerprint density at radius 2 is 1.84 bits per heavy atom. The normalized spacial score (nSPS) is 16.4. The van der Waals surface area contributed by atoms with Gasteiger partial charge in [-0.2, -0.15) is 0 Å². The van der Waals surface area contributed by atoms with E-state index < -0.39 is 12.2 Å². The molecule has 0 bridgehead atoms. The number of halogens is 1. The minimum Gasteiger partial charge on any atom is -0.392 e. The van der Waals surface area contributed by atoms with Crippen LogP contribution in [0, 0.1) is 18.7 Å². The molecule has 0 spiro atoms. The molecule has 0 radical (unpaired) electrons. The van der Waals surface area contributed by atoms with Crippen LogP contribution in [0.3, 0.4) is 0 Å². The lowest BCUT2D eigenvalue weighted by Crippen LogP contribution is -2.42. The molecule has 1 aromatic rings. The first-order chi connectivity index (χ1) is 8.82. The maximum Gasteiger partial charge on any atom is 0.126 e. The van der Waals surface area contributed by atoms with Gasteiger partial charge in [0.25, 0.3) is 0 Å². The zero-order chi connectivity index (χ0) is 14.6. The lowest BCUT2D eigenvalue weighted by Gasteiger charge is -2.28. The maximum absolute atomic E-state index is 13.2. The van der Waals surface area contributed by atoms with E-state index >= 15 is 0 Å². The quantitative estimate of drug-likeness (QED) is 0.742. The Balaban J connectivity index is 2.85. The molecular weight excluding hydrogens is 245 g/mol. The second kappa shape index (κ2) is 6.98. The smallest absolute Gasteiger partial charge is 0.126 e. The SMILES string of the molecule is Cc1cc(C(O)C(NCC(C)O)C(C)C)ccc1F. The summed E-state index contributed by atoms with van der Waals surface area (Å²) in [7, 11) is 0. The minimum atomic E-state index is -0.724. The van der Waals surface area contributed by atoms with Gasteiger partial charge in [0.15, 0.2) is 0 Å². The third-order valence-corrected chi connectivity index (χ3v) is 3.23. The third-order valence-electron chi connectivity index (χ3n) is 3.23. The number of nitrogens with one attached hydrogen (secondary N) is 1. The van der Waals surface area contributed by atoms with Crippen LogP contribution in [0.1, 0.15) is 38.0 Å². The van der Waals surface area contributed by atoms with Crippen molar-refractivity contribution >= 4 is 0 Å². The summed E-state index contributed by atoms with van der Waals surface area (Å²) in [5.74, 6) is -0.0758. The molecule has 0 saturated carbocycles. The maximum atomic E-state index is 13.2. The highest BCUT2D eigenvalue weighted by atomic mass is 19.1. The molecule has 0 aliphatic rings. The fourth-order valence-corrected chi connectivity index (χ4v) is 2.08. The Labute approximate surface area is 114 Å². The molecule has 0 heterocycles. The molecule has 0 amide bonds. The van der Waals surface area contributed by atoms with Gasteiger partial charge in [-0.25, -0.2) is 4.39 Å². The highest BCUT2D eigenvalue weighted by Crippen LogP contribution is 2.23. The van der Waals surface area contributed by atoms with Gasteiger partial charge in [-0.1, -0.05) is 26.0 Å². The Morgan fingerprint density at radius 3 is 2.32 bits per heavy atom. The molecule has 1 aromatic carbocycles. The van der Waals surface area contributed by atoms with Gasteiger partial charge in [0.1, 0.15) is 5.82 Å². The van der Waals surface area contributed by atoms with Crippen LogP contribution < -0.4 is 5.32 Å². The van der Waals surface area contributed by atoms with E-state index in [1.54, 1.807) is 26.0 Å². The molecule has 108 valence electrons. The van der Waals surface area contributed by atoms with Crippen molar-refractivity contribution < 1.29 is 14.6 Å². The summed E-state index contributed by atoms with van der Waals surface area (Å²) in [5, 5.41) is 22.9. The van der Waals surface area contributed by atoms with E-state index in [1.165, 1.54) is 6.07 Å². The fourth-order valence-electron chi connectivity index (χ4n) is 2.08. The van der Waals surface area contributed by atoms with E-state index in [-0.39, 0.29) is 17.8 Å². The molecule has 0 saturated heterocycles. The molecule has 0 fully saturated rings. The monoisotopic (exact) mass is 269 g/mol. The van der Waals surface area contributed by atoms with Gasteiger partial charge >= 0.3 is 0 Å². The topological polar surface area (TPSA) is 52.5 Å². The number of aliphatic hydroxyl groups excluding tert-OH is 2. The molecule has 1 rings (SSSR count). The van der Waals surface area contributed by atoms with E-state index in [9.17, 15) is 14.6 Å². The van der Waals surface area contributed by atoms with Gasteiger partial charge in [0, 0.05) is 12.6 Å². The molecule has 3 unspecified atom stereocenters. The number of aryl methyl sites for hydroxylation is 1. The molecule has 4 heteroatoms. The molecule has 3 atom stereocenters. The molecule has 3 nitrogen and oxygen atoms in total. The average Bonchev–Trinajstić information content (AvgIpc) is 2.31. The Hall–Kier alpha value is -0.970. The van der Waals surface area contributed by atoms with Crippen LogP contribution in [0.15, 0.2) is 18.2 Å². The highest BCUT2D eigenvalue weighted by molar-refractivity contribution is 5.26. The first-order valence-electron chi connectivity index (χ1n) is 6.68.